The van der Waals surface area contributed by atoms with E-state index in [0.717, 1.165) is 18.9 Å². The number of hydrogen-bond acceptors (Lipinski definition) is 10. The predicted octanol–water partition coefficient (Wildman–Crippen LogP) is 1.19. The Morgan fingerprint density at radius 1 is 0.548 bits per heavy atom. The van der Waals surface area contributed by atoms with Crippen LogP contribution in [0.15, 0.2) is 0 Å². The summed E-state index contributed by atoms with van der Waals surface area (Å²) >= 11 is 0. The van der Waals surface area contributed by atoms with Gasteiger partial charge >= 0.3 is 0 Å². The van der Waals surface area contributed by atoms with Crippen LogP contribution in [0.4, 0.5) is 0 Å². The summed E-state index contributed by atoms with van der Waals surface area (Å²) in [5, 5.41) is 0. The second-order valence-electron chi connectivity index (χ2n) is 6.32. The zero-order chi connectivity index (χ0) is 23.2. The average molecular weight is 450 g/mol. The summed E-state index contributed by atoms with van der Waals surface area (Å²) in [6, 6.07) is 0. The summed E-state index contributed by atoms with van der Waals surface area (Å²) in [7, 11) is 0. The van der Waals surface area contributed by atoms with E-state index < -0.39 is 18.9 Å². The summed E-state index contributed by atoms with van der Waals surface area (Å²) in [5.41, 5.74) is 0. The molecule has 31 heavy (non-hydrogen) atoms. The molecule has 10 heteroatoms. The number of ether oxygens (including phenoxy) is 6. The Balaban J connectivity index is 4.61. The molecule has 0 aromatic heterocycles. The van der Waals surface area contributed by atoms with Crippen molar-refractivity contribution in [2.24, 2.45) is 0 Å². The third-order valence-corrected chi connectivity index (χ3v) is 4.06. The van der Waals surface area contributed by atoms with Crippen LogP contribution in [0.2, 0.25) is 0 Å². The molecule has 0 rings (SSSR count). The van der Waals surface area contributed by atoms with Gasteiger partial charge in [-0.05, 0) is 20.8 Å². The molecule has 182 valence electrons. The van der Waals surface area contributed by atoms with Crippen LogP contribution in [0.5, 0.6) is 0 Å². The maximum absolute atomic E-state index is 10.7. The lowest BCUT2D eigenvalue weighted by Crippen LogP contribution is -2.37. The molecular formula is C21H39NO9. The molecular weight excluding hydrogens is 410 g/mol. The van der Waals surface area contributed by atoms with Crippen LogP contribution in [0, 0.1) is 0 Å². The van der Waals surface area contributed by atoms with E-state index in [1.54, 1.807) is 0 Å². The minimum atomic E-state index is -0.568. The first-order chi connectivity index (χ1) is 15.1. The summed E-state index contributed by atoms with van der Waals surface area (Å²) in [5.74, 6) is 0. The zero-order valence-corrected chi connectivity index (χ0v) is 19.1. The van der Waals surface area contributed by atoms with Crippen molar-refractivity contribution in [3.63, 3.8) is 0 Å². The normalized spacial score (nSPS) is 14.3. The first-order valence-corrected chi connectivity index (χ1v) is 10.9. The van der Waals surface area contributed by atoms with Crippen molar-refractivity contribution in [3.05, 3.63) is 0 Å². The second kappa shape index (κ2) is 21.9. The summed E-state index contributed by atoms with van der Waals surface area (Å²) in [4.78, 5) is 34.3. The molecule has 0 saturated heterocycles. The van der Waals surface area contributed by atoms with Crippen LogP contribution < -0.4 is 0 Å². The number of carbonyl (C=O) groups excluding carboxylic acids is 3. The monoisotopic (exact) mass is 449 g/mol. The van der Waals surface area contributed by atoms with Gasteiger partial charge in [-0.3, -0.25) is 4.90 Å². The average Bonchev–Trinajstić information content (AvgIpc) is 2.74. The maximum atomic E-state index is 10.7. The third kappa shape index (κ3) is 17.0. The molecule has 0 spiro atoms. The Labute approximate surface area is 185 Å². The Morgan fingerprint density at radius 2 is 0.839 bits per heavy atom. The molecule has 0 aliphatic heterocycles. The SMILES string of the molecule is CCOC(CC=O)OCCN(CCOC(CC=O)OCC)CCOC(CC=O)OCC. The van der Waals surface area contributed by atoms with Gasteiger partial charge in [0.1, 0.15) is 18.9 Å². The van der Waals surface area contributed by atoms with E-state index in [4.69, 9.17) is 28.4 Å². The van der Waals surface area contributed by atoms with Gasteiger partial charge in [0, 0.05) is 39.5 Å². The highest BCUT2D eigenvalue weighted by Crippen LogP contribution is 2.04. The fourth-order valence-electron chi connectivity index (χ4n) is 2.62. The molecule has 10 nitrogen and oxygen atoms in total. The lowest BCUT2D eigenvalue weighted by Gasteiger charge is -2.25. The van der Waals surface area contributed by atoms with Crippen molar-refractivity contribution >= 4 is 18.9 Å². The van der Waals surface area contributed by atoms with Crippen LogP contribution >= 0.6 is 0 Å². The number of carbonyl (C=O) groups is 3. The van der Waals surface area contributed by atoms with Crippen molar-refractivity contribution in [3.8, 4) is 0 Å². The first-order valence-electron chi connectivity index (χ1n) is 10.9. The van der Waals surface area contributed by atoms with Crippen LogP contribution in [0.3, 0.4) is 0 Å². The van der Waals surface area contributed by atoms with Gasteiger partial charge in [-0.1, -0.05) is 0 Å². The van der Waals surface area contributed by atoms with Gasteiger partial charge in [0.2, 0.25) is 0 Å². The quantitative estimate of drug-likeness (QED) is 0.157. The van der Waals surface area contributed by atoms with Crippen molar-refractivity contribution in [1.82, 2.24) is 4.90 Å². The number of aldehydes is 3. The zero-order valence-electron chi connectivity index (χ0n) is 19.1. The Morgan fingerprint density at radius 3 is 1.06 bits per heavy atom. The van der Waals surface area contributed by atoms with E-state index in [2.05, 4.69) is 4.90 Å². The van der Waals surface area contributed by atoms with E-state index in [1.165, 1.54) is 0 Å². The molecule has 0 fully saturated rings. The lowest BCUT2D eigenvalue weighted by molar-refractivity contribution is -0.159. The topological polar surface area (TPSA) is 110 Å². The molecule has 0 saturated carbocycles. The fraction of sp³-hybridized carbons (Fsp3) is 0.857. The van der Waals surface area contributed by atoms with Crippen LogP contribution in [-0.4, -0.2) is 102 Å². The molecule has 0 N–H and O–H groups in total. The van der Waals surface area contributed by atoms with Crippen LogP contribution in [0.25, 0.3) is 0 Å². The van der Waals surface area contributed by atoms with E-state index in [0.29, 0.717) is 59.3 Å². The number of hydrogen-bond donors (Lipinski definition) is 0. The number of nitrogens with zero attached hydrogens (tertiary/aromatic N) is 1. The fourth-order valence-corrected chi connectivity index (χ4v) is 2.62. The summed E-state index contributed by atoms with van der Waals surface area (Å²) < 4.78 is 33.1. The van der Waals surface area contributed by atoms with Gasteiger partial charge in [-0.25, -0.2) is 0 Å². The highest BCUT2D eigenvalue weighted by atomic mass is 16.7. The van der Waals surface area contributed by atoms with E-state index in [-0.39, 0.29) is 19.3 Å². The predicted molar refractivity (Wildman–Crippen MR) is 113 cm³/mol. The van der Waals surface area contributed by atoms with Crippen molar-refractivity contribution < 1.29 is 42.8 Å². The molecule has 3 unspecified atom stereocenters. The van der Waals surface area contributed by atoms with Crippen LogP contribution in [0.1, 0.15) is 40.0 Å². The lowest BCUT2D eigenvalue weighted by atomic mass is 10.4. The van der Waals surface area contributed by atoms with Gasteiger partial charge in [-0.2, -0.15) is 0 Å². The Hall–Kier alpha value is -1.27. The molecule has 0 radical (unpaired) electrons. The van der Waals surface area contributed by atoms with E-state index in [9.17, 15) is 14.4 Å². The van der Waals surface area contributed by atoms with Gasteiger partial charge < -0.3 is 42.8 Å². The minimum Gasteiger partial charge on any atom is -0.352 e. The third-order valence-electron chi connectivity index (χ3n) is 4.06. The Kier molecular flexibility index (Phi) is 21.0. The molecule has 3 atom stereocenters. The largest absolute Gasteiger partial charge is 0.352 e. The summed E-state index contributed by atoms with van der Waals surface area (Å²) in [6.45, 7) is 9.58. The molecule has 0 aliphatic carbocycles. The van der Waals surface area contributed by atoms with Crippen LogP contribution in [-0.2, 0) is 42.8 Å². The molecule has 0 aromatic carbocycles. The van der Waals surface area contributed by atoms with Crippen molar-refractivity contribution in [1.29, 1.82) is 0 Å². The van der Waals surface area contributed by atoms with E-state index >= 15 is 0 Å². The molecule has 0 amide bonds. The van der Waals surface area contributed by atoms with Gasteiger partial charge in [0.05, 0.1) is 39.1 Å². The van der Waals surface area contributed by atoms with Crippen molar-refractivity contribution in [2.75, 3.05) is 59.3 Å². The van der Waals surface area contributed by atoms with Gasteiger partial charge in [-0.15, -0.1) is 0 Å². The molecule has 0 aliphatic rings. The number of rotatable bonds is 24. The van der Waals surface area contributed by atoms with Gasteiger partial charge in [0.15, 0.2) is 18.9 Å². The van der Waals surface area contributed by atoms with Crippen molar-refractivity contribution in [2.45, 2.75) is 58.9 Å². The minimum absolute atomic E-state index is 0.170. The second-order valence-corrected chi connectivity index (χ2v) is 6.32. The smallest absolute Gasteiger partial charge is 0.164 e. The highest BCUT2D eigenvalue weighted by Gasteiger charge is 2.14. The molecule has 0 heterocycles. The Bertz CT molecular complexity index is 377. The highest BCUT2D eigenvalue weighted by molar-refractivity contribution is 5.50. The van der Waals surface area contributed by atoms with E-state index in [1.807, 2.05) is 20.8 Å². The maximum Gasteiger partial charge on any atom is 0.164 e. The molecule has 0 aromatic rings. The first kappa shape index (κ1) is 29.7. The summed E-state index contributed by atoms with van der Waals surface area (Å²) in [6.07, 6.45) is 1.10. The van der Waals surface area contributed by atoms with Gasteiger partial charge in [0.25, 0.3) is 0 Å². The standard InChI is InChI=1S/C21H39NO9/c1-4-26-19(7-13-23)29-16-10-22(11-17-30-20(8-14-24)27-5-2)12-18-31-21(9-15-25)28-6-3/h13-15,19-21H,4-12,16-18H2,1-3H3. The molecule has 0 bridgehead atoms.